The summed E-state index contributed by atoms with van der Waals surface area (Å²) in [5.41, 5.74) is 1.46. The van der Waals surface area contributed by atoms with Crippen molar-refractivity contribution >= 4 is 55.5 Å². The first-order valence-corrected chi connectivity index (χ1v) is 11.7. The largest absolute Gasteiger partial charge is 1.00 e. The van der Waals surface area contributed by atoms with Crippen LogP contribution in [0.15, 0.2) is 106 Å². The summed E-state index contributed by atoms with van der Waals surface area (Å²) in [5.74, 6) is 0. The zero-order valence-electron chi connectivity index (χ0n) is 18.7. The molecule has 0 radical (unpaired) electrons. The van der Waals surface area contributed by atoms with Crippen LogP contribution < -0.4 is 29.6 Å². The summed E-state index contributed by atoms with van der Waals surface area (Å²) < 4.78 is 35.7. The Hall–Kier alpha value is -3.27. The first-order valence-electron chi connectivity index (χ1n) is 10.3. The normalized spacial score (nSPS) is 11.9. The second-order valence-corrected chi connectivity index (χ2v) is 8.88. The Morgan fingerprint density at radius 3 is 1.74 bits per heavy atom. The maximum absolute atomic E-state index is 11.9. The van der Waals surface area contributed by atoms with Crippen LogP contribution in [0, 0.1) is 0 Å². The van der Waals surface area contributed by atoms with Crippen LogP contribution in [0.4, 0.5) is 11.4 Å². The van der Waals surface area contributed by atoms with Crippen molar-refractivity contribution < 1.29 is 42.5 Å². The second kappa shape index (κ2) is 10.6. The number of hydrogen-bond acceptors (Lipinski definition) is 7. The number of fused-ring (bicyclic) bond motifs is 2. The Morgan fingerprint density at radius 1 is 0.686 bits per heavy atom. The molecule has 2 heterocycles. The number of aliphatic imine (C=N–C) groups is 2. The molecule has 0 N–H and O–H groups in total. The number of rotatable bonds is 5. The maximum atomic E-state index is 11.9. The Bertz CT molecular complexity index is 1700. The summed E-state index contributed by atoms with van der Waals surface area (Å²) in [7, 11) is -4.78. The third-order valence-corrected chi connectivity index (χ3v) is 6.06. The molecule has 0 unspecified atom stereocenters. The van der Waals surface area contributed by atoms with E-state index in [0.717, 1.165) is 21.5 Å². The Balaban J connectivity index is 0.00000289. The fraction of sp³-hybridized carbons (Fsp3) is 0. The number of aromatic nitrogens is 2. The molecular weight excluding hydrogens is 471 g/mol. The summed E-state index contributed by atoms with van der Waals surface area (Å²) in [6, 6.07) is 23.5. The summed E-state index contributed by atoms with van der Waals surface area (Å²) in [4.78, 5) is 16.7. The zero-order valence-corrected chi connectivity index (χ0v) is 21.6. The van der Waals surface area contributed by atoms with E-state index < -0.39 is 15.0 Å². The monoisotopic (exact) mass is 488 g/mol. The zero-order chi connectivity index (χ0) is 23.5. The number of nitrogens with zero attached hydrogens (tertiary/aromatic N) is 4. The molecule has 0 spiro atoms. The summed E-state index contributed by atoms with van der Waals surface area (Å²) >= 11 is 0. The molecule has 0 saturated carbocycles. The van der Waals surface area contributed by atoms with Crippen LogP contribution in [0.5, 0.6) is 0 Å². The van der Waals surface area contributed by atoms with E-state index in [0.29, 0.717) is 17.1 Å². The molecule has 0 saturated heterocycles. The van der Waals surface area contributed by atoms with Gasteiger partial charge in [-0.1, -0.05) is 48.5 Å². The summed E-state index contributed by atoms with van der Waals surface area (Å²) in [6.45, 7) is 0. The van der Waals surface area contributed by atoms with Gasteiger partial charge in [0.2, 0.25) is 0 Å². The summed E-state index contributed by atoms with van der Waals surface area (Å²) in [6.07, 6.45) is 6.40. The van der Waals surface area contributed by atoms with Crippen LogP contribution in [-0.2, 0) is 10.1 Å². The smallest absolute Gasteiger partial charge is 0.744 e. The molecule has 0 atom stereocenters. The van der Waals surface area contributed by atoms with Crippen LogP contribution in [0.2, 0.25) is 0 Å². The van der Waals surface area contributed by atoms with Gasteiger partial charge in [-0.25, -0.2) is 8.42 Å². The van der Waals surface area contributed by atoms with Gasteiger partial charge < -0.3 is 4.55 Å². The molecular formula is C26H17N4NaO3S. The van der Waals surface area contributed by atoms with Gasteiger partial charge in [0, 0.05) is 23.2 Å². The van der Waals surface area contributed by atoms with E-state index in [4.69, 9.17) is 0 Å². The topological polar surface area (TPSA) is 108 Å². The van der Waals surface area contributed by atoms with Gasteiger partial charge in [0.15, 0.2) is 0 Å². The van der Waals surface area contributed by atoms with Crippen molar-refractivity contribution in [1.82, 2.24) is 9.97 Å². The third kappa shape index (κ3) is 5.87. The minimum atomic E-state index is -4.78. The molecule has 0 bridgehead atoms. The van der Waals surface area contributed by atoms with E-state index in [1.807, 2.05) is 60.7 Å². The molecule has 0 amide bonds. The Kier molecular flexibility index (Phi) is 7.49. The van der Waals surface area contributed by atoms with E-state index in [9.17, 15) is 13.0 Å². The van der Waals surface area contributed by atoms with E-state index in [1.54, 1.807) is 18.5 Å². The fourth-order valence-electron chi connectivity index (χ4n) is 3.51. The molecule has 5 rings (SSSR count). The minimum Gasteiger partial charge on any atom is -0.744 e. The van der Waals surface area contributed by atoms with Crippen molar-refractivity contribution in [2.45, 2.75) is 4.90 Å². The maximum Gasteiger partial charge on any atom is 1.00 e. The molecule has 7 nitrogen and oxygen atoms in total. The minimum absolute atomic E-state index is 0. The van der Waals surface area contributed by atoms with Gasteiger partial charge in [-0.15, -0.1) is 0 Å². The third-order valence-electron chi connectivity index (χ3n) is 5.20. The summed E-state index contributed by atoms with van der Waals surface area (Å²) in [5, 5.41) is 3.96. The average Bonchev–Trinajstić information content (AvgIpc) is 2.85. The average molecular weight is 489 g/mol. The van der Waals surface area contributed by atoms with Crippen LogP contribution in [-0.4, -0.2) is 35.4 Å². The second-order valence-electron chi connectivity index (χ2n) is 7.54. The van der Waals surface area contributed by atoms with Crippen molar-refractivity contribution in [3.63, 3.8) is 0 Å². The molecule has 0 aliphatic carbocycles. The first-order chi connectivity index (χ1) is 16.5. The van der Waals surface area contributed by atoms with E-state index in [-0.39, 0.29) is 35.2 Å². The molecule has 5 aromatic rings. The number of benzene rings is 3. The number of pyridine rings is 2. The van der Waals surface area contributed by atoms with Crippen molar-refractivity contribution in [1.29, 1.82) is 0 Å². The Morgan fingerprint density at radius 2 is 1.20 bits per heavy atom. The quantitative estimate of drug-likeness (QED) is 0.214. The number of hydrogen-bond donors (Lipinski definition) is 0. The molecule has 35 heavy (non-hydrogen) atoms. The molecule has 2 aromatic heterocycles. The van der Waals surface area contributed by atoms with Gasteiger partial charge in [0.05, 0.1) is 40.1 Å². The molecule has 9 heteroatoms. The van der Waals surface area contributed by atoms with Crippen LogP contribution in [0.3, 0.4) is 0 Å². The van der Waals surface area contributed by atoms with E-state index in [1.165, 1.54) is 24.6 Å². The SMILES string of the molecule is O=S(=O)([O-])c1cc(N=Cc2cc3ccccc3cn2)ccc1N=Cc1cc2ccccc2cn1.[Na+]. The fourth-order valence-corrected chi connectivity index (χ4v) is 4.15. The van der Waals surface area contributed by atoms with Crippen LogP contribution >= 0.6 is 0 Å². The van der Waals surface area contributed by atoms with Crippen LogP contribution in [0.1, 0.15) is 11.4 Å². The standard InChI is InChI=1S/C26H18N4O3S.Na/c31-34(32,33)26-13-22(29-16-23-11-18-5-1-3-7-20(18)14-27-23)9-10-25(26)30-17-24-12-19-6-2-4-8-21(19)15-28-24;/h1-17H,(H,31,32,33);/q;+1/p-1. The molecule has 3 aromatic carbocycles. The first kappa shape index (κ1) is 24.8. The molecule has 0 aliphatic heterocycles. The van der Waals surface area contributed by atoms with E-state index >= 15 is 0 Å². The molecule has 0 fully saturated rings. The molecule has 0 aliphatic rings. The predicted octanol–water partition coefficient (Wildman–Crippen LogP) is 2.19. The van der Waals surface area contributed by atoms with Crippen molar-refractivity contribution in [3.8, 4) is 0 Å². The van der Waals surface area contributed by atoms with Gasteiger partial charge in [-0.2, -0.15) is 0 Å². The van der Waals surface area contributed by atoms with Gasteiger partial charge >= 0.3 is 29.6 Å². The van der Waals surface area contributed by atoms with Crippen molar-refractivity contribution in [2.75, 3.05) is 0 Å². The van der Waals surface area contributed by atoms with Gasteiger partial charge in [-0.3, -0.25) is 20.0 Å². The predicted molar refractivity (Wildman–Crippen MR) is 132 cm³/mol. The molecule has 166 valence electrons. The Labute approximate surface area is 224 Å². The van der Waals surface area contributed by atoms with Gasteiger partial charge in [0.1, 0.15) is 10.1 Å². The van der Waals surface area contributed by atoms with E-state index in [2.05, 4.69) is 20.0 Å². The van der Waals surface area contributed by atoms with Gasteiger partial charge in [0.25, 0.3) is 0 Å². The van der Waals surface area contributed by atoms with Crippen molar-refractivity contribution in [3.05, 3.63) is 103 Å². The van der Waals surface area contributed by atoms with Crippen LogP contribution in [0.25, 0.3) is 21.5 Å². The van der Waals surface area contributed by atoms with Gasteiger partial charge in [-0.05, 0) is 41.1 Å². The van der Waals surface area contributed by atoms with Crippen molar-refractivity contribution in [2.24, 2.45) is 9.98 Å².